The summed E-state index contributed by atoms with van der Waals surface area (Å²) in [6.45, 7) is 2.11. The fourth-order valence-corrected chi connectivity index (χ4v) is 2.32. The second-order valence-electron chi connectivity index (χ2n) is 4.40. The van der Waals surface area contributed by atoms with Crippen LogP contribution in [-0.4, -0.2) is 20.2 Å². The molecule has 2 rings (SSSR count). The van der Waals surface area contributed by atoms with Crippen LogP contribution in [0.25, 0.3) is 0 Å². The fraction of sp³-hybridized carbons (Fsp3) is 0.500. The van der Waals surface area contributed by atoms with Gasteiger partial charge in [0.2, 0.25) is 0 Å². The van der Waals surface area contributed by atoms with Gasteiger partial charge in [0.15, 0.2) is 0 Å². The predicted molar refractivity (Wildman–Crippen MR) is 68.4 cm³/mol. The Morgan fingerprint density at radius 1 is 1.18 bits per heavy atom. The molecule has 3 heteroatoms. The zero-order chi connectivity index (χ0) is 12.1. The summed E-state index contributed by atoms with van der Waals surface area (Å²) >= 11 is 0. The van der Waals surface area contributed by atoms with Crippen molar-refractivity contribution in [3.05, 3.63) is 23.8 Å². The van der Waals surface area contributed by atoms with Crippen LogP contribution in [0.1, 0.15) is 31.2 Å². The van der Waals surface area contributed by atoms with Crippen LogP contribution in [-0.2, 0) is 0 Å². The van der Waals surface area contributed by atoms with Gasteiger partial charge in [-0.2, -0.15) is 5.26 Å². The van der Waals surface area contributed by atoms with E-state index in [-0.39, 0.29) is 0 Å². The van der Waals surface area contributed by atoms with Gasteiger partial charge in [0.1, 0.15) is 11.8 Å². The van der Waals surface area contributed by atoms with E-state index in [2.05, 4.69) is 11.0 Å². The number of nitriles is 1. The number of anilines is 1. The zero-order valence-corrected chi connectivity index (χ0v) is 10.3. The molecule has 0 bridgehead atoms. The Balaban J connectivity index is 2.27. The van der Waals surface area contributed by atoms with Gasteiger partial charge in [0.05, 0.1) is 18.4 Å². The third kappa shape index (κ3) is 2.71. The lowest BCUT2D eigenvalue weighted by atomic mass is 10.1. The lowest BCUT2D eigenvalue weighted by Crippen LogP contribution is -2.24. The normalized spacial score (nSPS) is 16.1. The maximum absolute atomic E-state index is 9.21. The summed E-state index contributed by atoms with van der Waals surface area (Å²) in [4.78, 5) is 2.32. The van der Waals surface area contributed by atoms with Crippen LogP contribution in [0, 0.1) is 11.3 Å². The van der Waals surface area contributed by atoms with E-state index in [9.17, 15) is 5.26 Å². The Labute approximate surface area is 103 Å². The molecule has 1 aromatic carbocycles. The van der Waals surface area contributed by atoms with Crippen molar-refractivity contribution in [3.63, 3.8) is 0 Å². The molecule has 0 N–H and O–H groups in total. The fourth-order valence-electron chi connectivity index (χ4n) is 2.32. The monoisotopic (exact) mass is 230 g/mol. The van der Waals surface area contributed by atoms with Crippen molar-refractivity contribution in [1.82, 2.24) is 0 Å². The third-order valence-corrected chi connectivity index (χ3v) is 3.27. The summed E-state index contributed by atoms with van der Waals surface area (Å²) in [6.07, 6.45) is 5.04. The molecule has 0 unspecified atom stereocenters. The first-order chi connectivity index (χ1) is 8.35. The zero-order valence-electron chi connectivity index (χ0n) is 10.3. The molecular weight excluding hydrogens is 212 g/mol. The molecule has 17 heavy (non-hydrogen) atoms. The van der Waals surface area contributed by atoms with Crippen LogP contribution in [0.2, 0.25) is 0 Å². The van der Waals surface area contributed by atoms with E-state index in [1.54, 1.807) is 7.11 Å². The van der Waals surface area contributed by atoms with Gasteiger partial charge < -0.3 is 9.64 Å². The Kier molecular flexibility index (Phi) is 3.87. The number of methoxy groups -OCH3 is 1. The molecule has 1 heterocycles. The van der Waals surface area contributed by atoms with E-state index in [0.29, 0.717) is 5.56 Å². The van der Waals surface area contributed by atoms with E-state index >= 15 is 0 Å². The summed E-state index contributed by atoms with van der Waals surface area (Å²) in [5.74, 6) is 0.750. The van der Waals surface area contributed by atoms with Crippen molar-refractivity contribution >= 4 is 5.69 Å². The average Bonchev–Trinajstić information content (AvgIpc) is 2.66. The first kappa shape index (κ1) is 11.8. The molecule has 0 saturated carbocycles. The molecule has 0 aromatic heterocycles. The van der Waals surface area contributed by atoms with Gasteiger partial charge in [-0.1, -0.05) is 12.8 Å². The van der Waals surface area contributed by atoms with Crippen molar-refractivity contribution in [3.8, 4) is 11.8 Å². The van der Waals surface area contributed by atoms with Crippen molar-refractivity contribution in [2.45, 2.75) is 25.7 Å². The summed E-state index contributed by atoms with van der Waals surface area (Å²) in [5.41, 5.74) is 1.77. The van der Waals surface area contributed by atoms with Crippen LogP contribution in [0.3, 0.4) is 0 Å². The quantitative estimate of drug-likeness (QED) is 0.783. The second kappa shape index (κ2) is 5.58. The lowest BCUT2D eigenvalue weighted by molar-refractivity contribution is 0.414. The highest BCUT2D eigenvalue weighted by Crippen LogP contribution is 2.26. The lowest BCUT2D eigenvalue weighted by Gasteiger charge is -2.23. The Morgan fingerprint density at radius 3 is 2.47 bits per heavy atom. The molecule has 0 radical (unpaired) electrons. The minimum atomic E-state index is 0.714. The van der Waals surface area contributed by atoms with Gasteiger partial charge in [-0.05, 0) is 31.0 Å². The Hall–Kier alpha value is -1.69. The number of benzene rings is 1. The Morgan fingerprint density at radius 2 is 1.88 bits per heavy atom. The number of ether oxygens (including phenoxy) is 1. The summed E-state index contributed by atoms with van der Waals surface area (Å²) in [6, 6.07) is 8.02. The van der Waals surface area contributed by atoms with E-state index in [4.69, 9.17) is 4.74 Å². The summed E-state index contributed by atoms with van der Waals surface area (Å²) in [5, 5.41) is 9.21. The van der Waals surface area contributed by atoms with Crippen molar-refractivity contribution in [2.75, 3.05) is 25.1 Å². The van der Waals surface area contributed by atoms with Gasteiger partial charge in [-0.15, -0.1) is 0 Å². The van der Waals surface area contributed by atoms with E-state index in [1.165, 1.54) is 25.7 Å². The standard InChI is InChI=1S/C14H18N2O/c1-17-13-6-7-14(12(10-13)11-15)16-8-4-2-3-5-9-16/h6-7,10H,2-5,8-9H2,1H3. The highest BCUT2D eigenvalue weighted by Gasteiger charge is 2.14. The van der Waals surface area contributed by atoms with E-state index in [1.807, 2.05) is 18.2 Å². The molecule has 1 saturated heterocycles. The number of rotatable bonds is 2. The topological polar surface area (TPSA) is 36.3 Å². The molecule has 0 amide bonds. The van der Waals surface area contributed by atoms with Crippen LogP contribution in [0.5, 0.6) is 5.75 Å². The molecule has 90 valence electrons. The molecule has 1 aliphatic heterocycles. The summed E-state index contributed by atoms with van der Waals surface area (Å²) < 4.78 is 5.15. The predicted octanol–water partition coefficient (Wildman–Crippen LogP) is 2.95. The number of hydrogen-bond donors (Lipinski definition) is 0. The van der Waals surface area contributed by atoms with Crippen molar-refractivity contribution in [2.24, 2.45) is 0 Å². The SMILES string of the molecule is COc1ccc(N2CCCCCC2)c(C#N)c1. The van der Waals surface area contributed by atoms with Gasteiger partial charge >= 0.3 is 0 Å². The third-order valence-electron chi connectivity index (χ3n) is 3.27. The van der Waals surface area contributed by atoms with Crippen molar-refractivity contribution in [1.29, 1.82) is 5.26 Å². The number of nitrogens with zero attached hydrogens (tertiary/aromatic N) is 2. The molecule has 0 aliphatic carbocycles. The first-order valence-electron chi connectivity index (χ1n) is 6.18. The molecule has 0 atom stereocenters. The molecule has 1 aromatic rings. The molecule has 1 aliphatic rings. The molecular formula is C14H18N2O. The molecule has 0 spiro atoms. The van der Waals surface area contributed by atoms with Gasteiger partial charge in [-0.3, -0.25) is 0 Å². The Bertz CT molecular complexity index is 415. The van der Waals surface area contributed by atoms with Gasteiger partial charge in [0, 0.05) is 13.1 Å². The minimum Gasteiger partial charge on any atom is -0.497 e. The summed E-state index contributed by atoms with van der Waals surface area (Å²) in [7, 11) is 1.63. The second-order valence-corrected chi connectivity index (χ2v) is 4.40. The first-order valence-corrected chi connectivity index (χ1v) is 6.18. The molecule has 3 nitrogen and oxygen atoms in total. The minimum absolute atomic E-state index is 0.714. The highest BCUT2D eigenvalue weighted by molar-refractivity contribution is 5.61. The highest BCUT2D eigenvalue weighted by atomic mass is 16.5. The van der Waals surface area contributed by atoms with E-state index < -0.39 is 0 Å². The van der Waals surface area contributed by atoms with Crippen LogP contribution >= 0.6 is 0 Å². The molecule has 1 fully saturated rings. The van der Waals surface area contributed by atoms with Gasteiger partial charge in [-0.25, -0.2) is 0 Å². The maximum Gasteiger partial charge on any atom is 0.120 e. The largest absolute Gasteiger partial charge is 0.497 e. The van der Waals surface area contributed by atoms with Crippen molar-refractivity contribution < 1.29 is 4.74 Å². The van der Waals surface area contributed by atoms with Crippen LogP contribution < -0.4 is 9.64 Å². The van der Waals surface area contributed by atoms with Crippen LogP contribution in [0.15, 0.2) is 18.2 Å². The van der Waals surface area contributed by atoms with E-state index in [0.717, 1.165) is 24.5 Å². The average molecular weight is 230 g/mol. The smallest absolute Gasteiger partial charge is 0.120 e. The maximum atomic E-state index is 9.21. The van der Waals surface area contributed by atoms with Gasteiger partial charge in [0.25, 0.3) is 0 Å². The van der Waals surface area contributed by atoms with Crippen LogP contribution in [0.4, 0.5) is 5.69 Å². The number of hydrogen-bond acceptors (Lipinski definition) is 3.